The molecule has 1 N–H and O–H groups in total. The van der Waals surface area contributed by atoms with Gasteiger partial charge in [-0.25, -0.2) is 0 Å². The van der Waals surface area contributed by atoms with Crippen LogP contribution in [0.4, 0.5) is 0 Å². The van der Waals surface area contributed by atoms with Gasteiger partial charge in [0.15, 0.2) is 0 Å². The highest BCUT2D eigenvalue weighted by molar-refractivity contribution is 5.83. The van der Waals surface area contributed by atoms with E-state index in [1.54, 1.807) is 0 Å². The Bertz CT molecular complexity index is 284. The minimum absolute atomic E-state index is 0.105. The van der Waals surface area contributed by atoms with Crippen molar-refractivity contribution in [3.05, 3.63) is 0 Å². The average molecular weight is 252 g/mol. The first-order valence-electron chi connectivity index (χ1n) is 7.68. The Labute approximate surface area is 111 Å². The van der Waals surface area contributed by atoms with Crippen LogP contribution >= 0.6 is 0 Å². The van der Waals surface area contributed by atoms with Crippen molar-refractivity contribution in [3.63, 3.8) is 0 Å². The number of nitrogens with zero attached hydrogens (tertiary/aromatic N) is 1. The van der Waals surface area contributed by atoms with Gasteiger partial charge in [-0.1, -0.05) is 13.8 Å². The van der Waals surface area contributed by atoms with Crippen molar-refractivity contribution in [1.82, 2.24) is 10.2 Å². The van der Waals surface area contributed by atoms with E-state index < -0.39 is 0 Å². The second kappa shape index (κ2) is 6.05. The average Bonchev–Trinajstić information content (AvgIpc) is 2.63. The predicted octanol–water partition coefficient (Wildman–Crippen LogP) is 2.41. The van der Waals surface area contributed by atoms with Crippen molar-refractivity contribution in [3.8, 4) is 0 Å². The third-order valence-corrected chi connectivity index (χ3v) is 4.91. The molecule has 2 aliphatic heterocycles. The monoisotopic (exact) mass is 252 g/mol. The Morgan fingerprint density at radius 2 is 2.17 bits per heavy atom. The first-order chi connectivity index (χ1) is 8.68. The topological polar surface area (TPSA) is 32.3 Å². The molecule has 2 aliphatic rings. The number of nitrogens with one attached hydrogen (secondary N) is 1. The molecule has 0 bridgehead atoms. The van der Waals surface area contributed by atoms with Crippen molar-refractivity contribution in [2.45, 2.75) is 52.4 Å². The lowest BCUT2D eigenvalue weighted by Crippen LogP contribution is -2.51. The normalized spacial score (nSPS) is 34.1. The van der Waals surface area contributed by atoms with Gasteiger partial charge in [-0.05, 0) is 51.0 Å². The summed E-state index contributed by atoms with van der Waals surface area (Å²) in [4.78, 5) is 15.0. The summed E-state index contributed by atoms with van der Waals surface area (Å²) in [7, 11) is 0. The van der Waals surface area contributed by atoms with Crippen LogP contribution in [0.15, 0.2) is 0 Å². The largest absolute Gasteiger partial charge is 0.342 e. The van der Waals surface area contributed by atoms with Crippen LogP contribution in [0.5, 0.6) is 0 Å². The zero-order chi connectivity index (χ0) is 13.0. The zero-order valence-corrected chi connectivity index (χ0v) is 12.0. The Kier molecular flexibility index (Phi) is 4.66. The van der Waals surface area contributed by atoms with E-state index in [-0.39, 0.29) is 5.41 Å². The number of carbonyl (C=O) groups is 1. The molecule has 0 radical (unpaired) electrons. The van der Waals surface area contributed by atoms with Crippen LogP contribution in [0.1, 0.15) is 52.4 Å². The van der Waals surface area contributed by atoms with E-state index in [1.165, 1.54) is 19.3 Å². The number of amides is 1. The molecule has 0 spiro atoms. The quantitative estimate of drug-likeness (QED) is 0.818. The highest BCUT2D eigenvalue weighted by atomic mass is 16.2. The molecular formula is C15H28N2O. The molecule has 0 aromatic rings. The molecule has 0 aromatic heterocycles. The zero-order valence-electron chi connectivity index (χ0n) is 12.0. The fraction of sp³-hybridized carbons (Fsp3) is 0.933. The van der Waals surface area contributed by atoms with E-state index in [1.807, 2.05) is 0 Å². The van der Waals surface area contributed by atoms with Crippen LogP contribution in [-0.4, -0.2) is 37.0 Å². The van der Waals surface area contributed by atoms with Crippen molar-refractivity contribution in [2.24, 2.45) is 11.3 Å². The van der Waals surface area contributed by atoms with Gasteiger partial charge in [-0.2, -0.15) is 0 Å². The molecule has 104 valence electrons. The maximum Gasteiger partial charge on any atom is 0.230 e. The van der Waals surface area contributed by atoms with Gasteiger partial charge in [0.2, 0.25) is 5.91 Å². The number of rotatable bonds is 2. The standard InChI is InChI=1S/C15H28N2O/c1-3-15(8-5-9-16-12-15)14(18)17-10-4-6-13(2)7-11-17/h13,16H,3-12H2,1-2H3. The number of piperidine rings is 1. The molecule has 1 amide bonds. The van der Waals surface area contributed by atoms with Crippen molar-refractivity contribution < 1.29 is 4.79 Å². The lowest BCUT2D eigenvalue weighted by Gasteiger charge is -2.39. The molecule has 0 aliphatic carbocycles. The van der Waals surface area contributed by atoms with E-state index in [2.05, 4.69) is 24.1 Å². The van der Waals surface area contributed by atoms with Crippen LogP contribution in [0.3, 0.4) is 0 Å². The van der Waals surface area contributed by atoms with E-state index in [0.29, 0.717) is 5.91 Å². The summed E-state index contributed by atoms with van der Waals surface area (Å²) in [5.41, 5.74) is -0.105. The number of hydrogen-bond acceptors (Lipinski definition) is 2. The number of likely N-dealkylation sites (tertiary alicyclic amines) is 1. The van der Waals surface area contributed by atoms with Gasteiger partial charge in [0.1, 0.15) is 0 Å². The first kappa shape index (κ1) is 13.9. The Morgan fingerprint density at radius 1 is 1.33 bits per heavy atom. The summed E-state index contributed by atoms with van der Waals surface area (Å²) in [5.74, 6) is 1.20. The van der Waals surface area contributed by atoms with Gasteiger partial charge in [-0.3, -0.25) is 4.79 Å². The molecule has 0 aromatic carbocycles. The molecule has 0 saturated carbocycles. The lowest BCUT2D eigenvalue weighted by molar-refractivity contribution is -0.143. The Morgan fingerprint density at radius 3 is 2.83 bits per heavy atom. The molecule has 2 rings (SSSR count). The summed E-state index contributed by atoms with van der Waals surface area (Å²) in [6.45, 7) is 8.39. The summed E-state index contributed by atoms with van der Waals surface area (Å²) in [6.07, 6.45) is 6.83. The fourth-order valence-corrected chi connectivity index (χ4v) is 3.40. The highest BCUT2D eigenvalue weighted by Crippen LogP contribution is 2.33. The number of carbonyl (C=O) groups excluding carboxylic acids is 1. The van der Waals surface area contributed by atoms with Crippen molar-refractivity contribution in [1.29, 1.82) is 0 Å². The third kappa shape index (κ3) is 2.87. The van der Waals surface area contributed by atoms with Crippen LogP contribution in [0, 0.1) is 11.3 Å². The Balaban J connectivity index is 2.03. The second-order valence-corrected chi connectivity index (χ2v) is 6.24. The number of hydrogen-bond donors (Lipinski definition) is 1. The fourth-order valence-electron chi connectivity index (χ4n) is 3.40. The molecule has 18 heavy (non-hydrogen) atoms. The SMILES string of the molecule is CCC1(C(=O)N2CCCC(C)CC2)CCCNC1. The molecular weight excluding hydrogens is 224 g/mol. The maximum absolute atomic E-state index is 12.9. The van der Waals surface area contributed by atoms with Gasteiger partial charge in [-0.15, -0.1) is 0 Å². The van der Waals surface area contributed by atoms with Crippen LogP contribution in [0.25, 0.3) is 0 Å². The van der Waals surface area contributed by atoms with Gasteiger partial charge in [0.25, 0.3) is 0 Å². The predicted molar refractivity (Wildman–Crippen MR) is 74.4 cm³/mol. The molecule has 2 heterocycles. The lowest BCUT2D eigenvalue weighted by atomic mass is 9.77. The molecule has 2 fully saturated rings. The van der Waals surface area contributed by atoms with E-state index in [9.17, 15) is 4.79 Å². The maximum atomic E-state index is 12.9. The second-order valence-electron chi connectivity index (χ2n) is 6.24. The van der Waals surface area contributed by atoms with E-state index in [4.69, 9.17) is 0 Å². The van der Waals surface area contributed by atoms with E-state index in [0.717, 1.165) is 51.4 Å². The van der Waals surface area contributed by atoms with Gasteiger partial charge in [0, 0.05) is 19.6 Å². The summed E-state index contributed by atoms with van der Waals surface area (Å²) in [5, 5.41) is 3.42. The minimum atomic E-state index is -0.105. The van der Waals surface area contributed by atoms with Crippen LogP contribution < -0.4 is 5.32 Å². The summed E-state index contributed by atoms with van der Waals surface area (Å²) >= 11 is 0. The Hall–Kier alpha value is -0.570. The summed E-state index contributed by atoms with van der Waals surface area (Å²) in [6, 6.07) is 0. The van der Waals surface area contributed by atoms with Gasteiger partial charge >= 0.3 is 0 Å². The van der Waals surface area contributed by atoms with E-state index >= 15 is 0 Å². The molecule has 2 atom stereocenters. The summed E-state index contributed by atoms with van der Waals surface area (Å²) < 4.78 is 0. The van der Waals surface area contributed by atoms with Crippen molar-refractivity contribution in [2.75, 3.05) is 26.2 Å². The highest BCUT2D eigenvalue weighted by Gasteiger charge is 2.40. The third-order valence-electron chi connectivity index (χ3n) is 4.91. The van der Waals surface area contributed by atoms with Gasteiger partial charge < -0.3 is 10.2 Å². The van der Waals surface area contributed by atoms with Crippen LogP contribution in [-0.2, 0) is 4.79 Å². The molecule has 3 nitrogen and oxygen atoms in total. The first-order valence-corrected chi connectivity index (χ1v) is 7.68. The van der Waals surface area contributed by atoms with Crippen molar-refractivity contribution >= 4 is 5.91 Å². The smallest absolute Gasteiger partial charge is 0.230 e. The van der Waals surface area contributed by atoms with Gasteiger partial charge in [0.05, 0.1) is 5.41 Å². The molecule has 2 unspecified atom stereocenters. The minimum Gasteiger partial charge on any atom is -0.342 e. The molecule has 3 heteroatoms. The molecule has 2 saturated heterocycles. The van der Waals surface area contributed by atoms with Crippen LogP contribution in [0.2, 0.25) is 0 Å².